The van der Waals surface area contributed by atoms with E-state index in [-0.39, 0.29) is 22.8 Å². The van der Waals surface area contributed by atoms with Gasteiger partial charge in [0.25, 0.3) is 9.05 Å². The van der Waals surface area contributed by atoms with E-state index in [2.05, 4.69) is 5.92 Å². The van der Waals surface area contributed by atoms with E-state index < -0.39 is 15.0 Å². The molecule has 0 spiro atoms. The van der Waals surface area contributed by atoms with Crippen LogP contribution in [-0.4, -0.2) is 26.1 Å². The lowest BCUT2D eigenvalue weighted by molar-refractivity contribution is 0.0692. The van der Waals surface area contributed by atoms with Gasteiger partial charge in [-0.05, 0) is 18.2 Å². The van der Waals surface area contributed by atoms with Crippen LogP contribution in [-0.2, 0) is 9.05 Å². The van der Waals surface area contributed by atoms with Gasteiger partial charge in [0.05, 0.1) is 11.5 Å². The topological polar surface area (TPSA) is 80.7 Å². The lowest BCUT2D eigenvalue weighted by atomic mass is 10.2. The molecule has 18 heavy (non-hydrogen) atoms. The number of aromatic carboxylic acids is 1. The lowest BCUT2D eigenvalue weighted by Gasteiger charge is -2.08. The second-order valence-electron chi connectivity index (χ2n) is 3.20. The number of carbonyl (C=O) groups is 1. The van der Waals surface area contributed by atoms with Gasteiger partial charge in [-0.25, -0.2) is 13.2 Å². The molecule has 96 valence electrons. The van der Waals surface area contributed by atoms with Gasteiger partial charge in [0.1, 0.15) is 11.3 Å². The molecular formula is C11H9ClO5S. The summed E-state index contributed by atoms with van der Waals surface area (Å²) in [5.41, 5.74) is -0.284. The van der Waals surface area contributed by atoms with Crippen molar-refractivity contribution in [3.8, 4) is 18.1 Å². The molecule has 7 heteroatoms. The Morgan fingerprint density at radius 2 is 2.17 bits per heavy atom. The van der Waals surface area contributed by atoms with Crippen molar-refractivity contribution in [1.29, 1.82) is 0 Å². The minimum absolute atomic E-state index is 0.0433. The zero-order chi connectivity index (χ0) is 13.8. The molecule has 0 heterocycles. The molecule has 0 aliphatic heterocycles. The van der Waals surface area contributed by atoms with Crippen LogP contribution >= 0.6 is 10.7 Å². The Morgan fingerprint density at radius 3 is 2.67 bits per heavy atom. The van der Waals surface area contributed by atoms with Crippen molar-refractivity contribution in [3.05, 3.63) is 23.8 Å². The number of hydrogen-bond acceptors (Lipinski definition) is 4. The SMILES string of the molecule is C#CCCOc1ccc(S(=O)(=O)Cl)cc1C(=O)O. The Balaban J connectivity index is 3.14. The van der Waals surface area contributed by atoms with Gasteiger partial charge in [-0.15, -0.1) is 12.3 Å². The summed E-state index contributed by atoms with van der Waals surface area (Å²) in [6.07, 6.45) is 5.34. The number of rotatable bonds is 5. The van der Waals surface area contributed by atoms with Crippen LogP contribution in [0, 0.1) is 12.3 Å². The zero-order valence-electron chi connectivity index (χ0n) is 9.09. The second kappa shape index (κ2) is 5.76. The Hall–Kier alpha value is -1.71. The standard InChI is InChI=1S/C11H9ClO5S/c1-2-3-6-17-10-5-4-8(18(12,15)16)7-9(10)11(13)14/h1,4-5,7H,3,6H2,(H,13,14). The van der Waals surface area contributed by atoms with Crippen LogP contribution in [0.25, 0.3) is 0 Å². The van der Waals surface area contributed by atoms with Crippen molar-refractivity contribution < 1.29 is 23.1 Å². The molecule has 1 N–H and O–H groups in total. The van der Waals surface area contributed by atoms with E-state index in [4.69, 9.17) is 26.9 Å². The van der Waals surface area contributed by atoms with Gasteiger partial charge in [0.15, 0.2) is 0 Å². The maximum atomic E-state index is 11.1. The number of carboxylic acids is 1. The van der Waals surface area contributed by atoms with E-state index in [1.54, 1.807) is 0 Å². The largest absolute Gasteiger partial charge is 0.492 e. The molecule has 0 saturated carbocycles. The Kier molecular flexibility index (Phi) is 4.59. The van der Waals surface area contributed by atoms with Crippen molar-refractivity contribution in [3.63, 3.8) is 0 Å². The highest BCUT2D eigenvalue weighted by Gasteiger charge is 2.17. The average Bonchev–Trinajstić information content (AvgIpc) is 2.28. The summed E-state index contributed by atoms with van der Waals surface area (Å²) in [7, 11) is 1.15. The smallest absolute Gasteiger partial charge is 0.339 e. The third-order valence-corrected chi connectivity index (χ3v) is 3.32. The molecule has 0 unspecified atom stereocenters. The first-order valence-corrected chi connectivity index (χ1v) is 7.05. The molecule has 0 aromatic heterocycles. The number of halogens is 1. The number of ether oxygens (including phenoxy) is 1. The van der Waals surface area contributed by atoms with Crippen LogP contribution in [0.5, 0.6) is 5.75 Å². The van der Waals surface area contributed by atoms with E-state index in [9.17, 15) is 13.2 Å². The first kappa shape index (κ1) is 14.4. The van der Waals surface area contributed by atoms with E-state index in [0.29, 0.717) is 6.42 Å². The van der Waals surface area contributed by atoms with Gasteiger partial charge in [-0.3, -0.25) is 0 Å². The van der Waals surface area contributed by atoms with Gasteiger partial charge in [0.2, 0.25) is 0 Å². The molecule has 1 rings (SSSR count). The van der Waals surface area contributed by atoms with Gasteiger partial charge >= 0.3 is 5.97 Å². The molecule has 0 aliphatic rings. The number of terminal acetylenes is 1. The molecular weight excluding hydrogens is 280 g/mol. The van der Waals surface area contributed by atoms with E-state index in [1.807, 2.05) is 0 Å². The zero-order valence-corrected chi connectivity index (χ0v) is 10.7. The Morgan fingerprint density at radius 1 is 1.50 bits per heavy atom. The predicted octanol–water partition coefficient (Wildman–Crippen LogP) is 1.71. The molecule has 1 aromatic rings. The van der Waals surface area contributed by atoms with Crippen molar-refractivity contribution in [2.24, 2.45) is 0 Å². The summed E-state index contributed by atoms with van der Waals surface area (Å²) >= 11 is 0. The fourth-order valence-corrected chi connectivity index (χ4v) is 1.95. The van der Waals surface area contributed by atoms with Gasteiger partial charge in [-0.2, -0.15) is 0 Å². The monoisotopic (exact) mass is 288 g/mol. The fraction of sp³-hybridized carbons (Fsp3) is 0.182. The van der Waals surface area contributed by atoms with E-state index >= 15 is 0 Å². The highest BCUT2D eigenvalue weighted by atomic mass is 35.7. The Labute approximate surface area is 109 Å². The Bertz CT molecular complexity index is 600. The summed E-state index contributed by atoms with van der Waals surface area (Å²) in [6, 6.07) is 3.34. The van der Waals surface area contributed by atoms with Crippen molar-refractivity contribution >= 4 is 25.7 Å². The summed E-state index contributed by atoms with van der Waals surface area (Å²) in [6.45, 7) is 0.143. The number of carboxylic acid groups (broad SMARTS) is 1. The minimum atomic E-state index is -3.98. The molecule has 5 nitrogen and oxygen atoms in total. The fourth-order valence-electron chi connectivity index (χ4n) is 1.17. The van der Waals surface area contributed by atoms with Gasteiger partial charge in [0, 0.05) is 17.1 Å². The normalized spacial score (nSPS) is 10.7. The molecule has 0 amide bonds. The van der Waals surface area contributed by atoms with Crippen LogP contribution < -0.4 is 4.74 Å². The highest BCUT2D eigenvalue weighted by molar-refractivity contribution is 8.13. The summed E-state index contributed by atoms with van der Waals surface area (Å²) < 4.78 is 27.3. The summed E-state index contributed by atoms with van der Waals surface area (Å²) in [5.74, 6) is 1.06. The molecule has 0 aliphatic carbocycles. The molecule has 0 saturated heterocycles. The van der Waals surface area contributed by atoms with Crippen molar-refractivity contribution in [1.82, 2.24) is 0 Å². The third-order valence-electron chi connectivity index (χ3n) is 1.97. The first-order valence-electron chi connectivity index (χ1n) is 4.74. The summed E-state index contributed by atoms with van der Waals surface area (Å²) in [5, 5.41) is 8.95. The highest BCUT2D eigenvalue weighted by Crippen LogP contribution is 2.24. The van der Waals surface area contributed by atoms with Crippen molar-refractivity contribution in [2.75, 3.05) is 6.61 Å². The quantitative estimate of drug-likeness (QED) is 0.507. The van der Waals surface area contributed by atoms with Gasteiger partial charge in [-0.1, -0.05) is 0 Å². The minimum Gasteiger partial charge on any atom is -0.492 e. The third kappa shape index (κ3) is 3.65. The van der Waals surface area contributed by atoms with E-state index in [0.717, 1.165) is 6.07 Å². The van der Waals surface area contributed by atoms with Crippen LogP contribution in [0.3, 0.4) is 0 Å². The predicted molar refractivity (Wildman–Crippen MR) is 65.4 cm³/mol. The van der Waals surface area contributed by atoms with Crippen LogP contribution in [0.4, 0.5) is 0 Å². The van der Waals surface area contributed by atoms with Crippen LogP contribution in [0.1, 0.15) is 16.8 Å². The maximum absolute atomic E-state index is 11.1. The number of benzene rings is 1. The molecule has 0 radical (unpaired) electrons. The molecule has 0 fully saturated rings. The average molecular weight is 289 g/mol. The van der Waals surface area contributed by atoms with Gasteiger partial charge < -0.3 is 9.84 Å². The molecule has 0 atom stereocenters. The summed E-state index contributed by atoms with van der Waals surface area (Å²) in [4.78, 5) is 10.7. The lowest BCUT2D eigenvalue weighted by Crippen LogP contribution is -2.05. The molecule has 0 bridgehead atoms. The van der Waals surface area contributed by atoms with E-state index in [1.165, 1.54) is 12.1 Å². The van der Waals surface area contributed by atoms with Crippen molar-refractivity contribution in [2.45, 2.75) is 11.3 Å². The molecule has 1 aromatic carbocycles. The second-order valence-corrected chi connectivity index (χ2v) is 5.77. The first-order chi connectivity index (χ1) is 8.36. The maximum Gasteiger partial charge on any atom is 0.339 e. The number of hydrogen-bond donors (Lipinski definition) is 1. The van der Waals surface area contributed by atoms with Crippen LogP contribution in [0.2, 0.25) is 0 Å². The van der Waals surface area contributed by atoms with Crippen LogP contribution in [0.15, 0.2) is 23.1 Å².